The van der Waals surface area contributed by atoms with Gasteiger partial charge in [0.05, 0.1) is 30.5 Å². The minimum atomic E-state index is -2.03. The zero-order valence-electron chi connectivity index (χ0n) is 23.9. The van der Waals surface area contributed by atoms with E-state index in [-0.39, 0.29) is 24.8 Å². The summed E-state index contributed by atoms with van der Waals surface area (Å²) in [6.45, 7) is 1.35. The Kier molecular flexibility index (Phi) is 8.18. The average molecular weight is 620 g/mol. The van der Waals surface area contributed by atoms with Gasteiger partial charge in [0.15, 0.2) is 18.3 Å². The Morgan fingerprint density at radius 3 is 2.50 bits per heavy atom. The van der Waals surface area contributed by atoms with Gasteiger partial charge in [-0.2, -0.15) is 0 Å². The largest absolute Gasteiger partial charge is 0.481 e. The molecule has 5 N–H and O–H groups in total. The van der Waals surface area contributed by atoms with E-state index in [0.29, 0.717) is 30.7 Å². The molecule has 2 aliphatic carbocycles. The molecule has 2 bridgehead atoms. The number of rotatable bonds is 11. The van der Waals surface area contributed by atoms with Crippen molar-refractivity contribution in [2.75, 3.05) is 13.6 Å². The van der Waals surface area contributed by atoms with Gasteiger partial charge >= 0.3 is 29.8 Å². The number of nitrogens with zero attached hydrogens (tertiary/aromatic N) is 1. The van der Waals surface area contributed by atoms with Gasteiger partial charge in [0.2, 0.25) is 6.10 Å². The molecule has 15 nitrogen and oxygen atoms in total. The lowest BCUT2D eigenvalue weighted by molar-refractivity contribution is -0.179. The van der Waals surface area contributed by atoms with Crippen LogP contribution in [0.1, 0.15) is 49.3 Å². The summed E-state index contributed by atoms with van der Waals surface area (Å²) in [6.07, 6.45) is -5.97. The fourth-order valence-corrected chi connectivity index (χ4v) is 6.92. The van der Waals surface area contributed by atoms with E-state index in [2.05, 4.69) is 9.64 Å². The number of carboxylic acids is 2. The van der Waals surface area contributed by atoms with Crippen LogP contribution in [0.4, 0.5) is 0 Å². The van der Waals surface area contributed by atoms with Crippen molar-refractivity contribution in [2.24, 2.45) is 0 Å². The molecule has 1 fully saturated rings. The predicted octanol–water partition coefficient (Wildman–Crippen LogP) is -0.846. The second-order valence-electron chi connectivity index (χ2n) is 11.5. The SMILES string of the molecule is C[C@H](OC(=O)C[C@H](O)C(=O)OC1=CC[C@@]2(O)[C@H]3Cc4ccc(CO)c5c4[C@@]2(CCN3C)[C@H]1O5)C(=O)O[C@@H](CC(=O)O)C(=O)O. The Morgan fingerprint density at radius 2 is 1.84 bits per heavy atom. The van der Waals surface area contributed by atoms with Gasteiger partial charge in [0.25, 0.3) is 0 Å². The van der Waals surface area contributed by atoms with Gasteiger partial charge in [0.1, 0.15) is 11.5 Å². The van der Waals surface area contributed by atoms with Crippen LogP contribution in [0.15, 0.2) is 24.0 Å². The van der Waals surface area contributed by atoms with Crippen LogP contribution in [-0.2, 0) is 56.6 Å². The maximum atomic E-state index is 12.9. The lowest BCUT2D eigenvalue weighted by Crippen LogP contribution is -2.74. The van der Waals surface area contributed by atoms with E-state index < -0.39 is 78.1 Å². The molecular formula is C29H33NO14. The molecule has 2 aliphatic heterocycles. The van der Waals surface area contributed by atoms with Crippen LogP contribution < -0.4 is 4.74 Å². The van der Waals surface area contributed by atoms with Crippen molar-refractivity contribution in [3.63, 3.8) is 0 Å². The lowest BCUT2D eigenvalue weighted by atomic mass is 9.50. The lowest BCUT2D eigenvalue weighted by Gasteiger charge is -2.61. The predicted molar refractivity (Wildman–Crippen MR) is 143 cm³/mol. The number of hydrogen-bond acceptors (Lipinski definition) is 13. The number of likely N-dealkylation sites (N-methyl/N-ethyl adjacent to an activating group) is 1. The summed E-state index contributed by atoms with van der Waals surface area (Å²) in [4.78, 5) is 61.4. The molecule has 44 heavy (non-hydrogen) atoms. The number of carbonyl (C=O) groups excluding carboxylic acids is 3. The molecule has 1 spiro atoms. The monoisotopic (exact) mass is 619 g/mol. The summed E-state index contributed by atoms with van der Waals surface area (Å²) in [7, 11) is 1.93. The van der Waals surface area contributed by atoms with Gasteiger partial charge in [-0.25, -0.2) is 14.4 Å². The normalized spacial score (nSPS) is 28.3. The van der Waals surface area contributed by atoms with E-state index in [1.165, 1.54) is 6.08 Å². The summed E-state index contributed by atoms with van der Waals surface area (Å²) < 4.78 is 21.3. The zero-order chi connectivity index (χ0) is 32.1. The molecule has 0 saturated carbocycles. The van der Waals surface area contributed by atoms with Gasteiger partial charge < -0.3 is 49.4 Å². The topological polar surface area (TPSA) is 227 Å². The standard InChI is InChI=1S/C29H33NO14/c1-13(26(38)43-18(25(36)37)11-20(33)34)41-21(35)10-16(32)27(39)42-17-5-6-29(40)19-9-14-3-4-15(12-31)23-22(14)28(29,24(17)44-23)7-8-30(19)2/h3-5,13,16,18-19,24,31-32,40H,6-12H2,1-2H3,(H,33,34)(H,36,37)/t13-,16-,18-,19+,24-,28-,29+/m0/s1. The van der Waals surface area contributed by atoms with Gasteiger partial charge in [0, 0.05) is 23.6 Å². The quantitative estimate of drug-likeness (QED) is 0.150. The summed E-state index contributed by atoms with van der Waals surface area (Å²) in [5, 5.41) is 50.4. The van der Waals surface area contributed by atoms with E-state index in [1.54, 1.807) is 6.07 Å². The van der Waals surface area contributed by atoms with E-state index in [0.717, 1.165) is 18.1 Å². The summed E-state index contributed by atoms with van der Waals surface area (Å²) >= 11 is 0. The van der Waals surface area contributed by atoms with Crippen LogP contribution in [0.3, 0.4) is 0 Å². The number of aliphatic hydroxyl groups excluding tert-OH is 2. The Bertz CT molecular complexity index is 1440. The summed E-state index contributed by atoms with van der Waals surface area (Å²) in [5.41, 5.74) is -0.00499. The number of piperidine rings is 1. The maximum Gasteiger partial charge on any atom is 0.348 e. The van der Waals surface area contributed by atoms with Crippen LogP contribution in [0.25, 0.3) is 0 Å². The number of esters is 3. The smallest absolute Gasteiger partial charge is 0.348 e. The Labute approximate surface area is 250 Å². The minimum Gasteiger partial charge on any atom is -0.481 e. The number of likely N-dealkylation sites (tertiary alicyclic amines) is 1. The molecular weight excluding hydrogens is 586 g/mol. The highest BCUT2D eigenvalue weighted by Gasteiger charge is 2.72. The third-order valence-electron chi connectivity index (χ3n) is 9.01. The maximum absolute atomic E-state index is 12.9. The molecule has 0 amide bonds. The van der Waals surface area contributed by atoms with Crippen LogP contribution in [-0.4, -0.2) is 110 Å². The van der Waals surface area contributed by atoms with Crippen molar-refractivity contribution in [1.82, 2.24) is 4.90 Å². The van der Waals surface area contributed by atoms with Gasteiger partial charge in [-0.3, -0.25) is 9.59 Å². The molecule has 1 saturated heterocycles. The molecule has 1 aromatic rings. The Balaban J connectivity index is 1.28. The van der Waals surface area contributed by atoms with Crippen molar-refractivity contribution in [3.8, 4) is 5.75 Å². The Hall–Kier alpha value is -4.05. The minimum absolute atomic E-state index is 0.0402. The third kappa shape index (κ3) is 4.99. The van der Waals surface area contributed by atoms with E-state index in [9.17, 15) is 39.3 Å². The fraction of sp³-hybridized carbons (Fsp3) is 0.552. The second-order valence-corrected chi connectivity index (χ2v) is 11.5. The molecule has 1 aromatic carbocycles. The molecule has 7 atom stereocenters. The van der Waals surface area contributed by atoms with Crippen LogP contribution in [0.5, 0.6) is 5.75 Å². The highest BCUT2D eigenvalue weighted by atomic mass is 16.6. The number of carboxylic acid groups (broad SMARTS) is 2. The third-order valence-corrected chi connectivity index (χ3v) is 9.01. The van der Waals surface area contributed by atoms with Crippen LogP contribution in [0.2, 0.25) is 0 Å². The molecule has 0 unspecified atom stereocenters. The van der Waals surface area contributed by atoms with Gasteiger partial charge in [-0.1, -0.05) is 12.1 Å². The average Bonchev–Trinajstić information content (AvgIpc) is 3.31. The molecule has 0 aromatic heterocycles. The summed E-state index contributed by atoms with van der Waals surface area (Å²) in [5.74, 6) is -6.56. The molecule has 0 radical (unpaired) electrons. The highest BCUT2D eigenvalue weighted by molar-refractivity contribution is 5.86. The molecule has 5 rings (SSSR count). The van der Waals surface area contributed by atoms with Crippen molar-refractivity contribution in [2.45, 2.75) is 87.1 Å². The fourth-order valence-electron chi connectivity index (χ4n) is 6.92. The van der Waals surface area contributed by atoms with Crippen molar-refractivity contribution >= 4 is 29.8 Å². The number of ether oxygens (including phenoxy) is 4. The van der Waals surface area contributed by atoms with E-state index in [4.69, 9.17) is 24.4 Å². The molecule has 4 aliphatic rings. The highest BCUT2D eigenvalue weighted by Crippen LogP contribution is 2.64. The number of carbonyl (C=O) groups is 5. The number of hydrogen-bond donors (Lipinski definition) is 5. The van der Waals surface area contributed by atoms with Gasteiger partial charge in [-0.15, -0.1) is 0 Å². The Morgan fingerprint density at radius 1 is 1.11 bits per heavy atom. The van der Waals surface area contributed by atoms with Crippen LogP contribution >= 0.6 is 0 Å². The van der Waals surface area contributed by atoms with Crippen LogP contribution in [0, 0.1) is 0 Å². The van der Waals surface area contributed by atoms with E-state index in [1.807, 2.05) is 13.1 Å². The molecule has 15 heteroatoms. The summed E-state index contributed by atoms with van der Waals surface area (Å²) in [6, 6.07) is 3.42. The zero-order valence-corrected chi connectivity index (χ0v) is 23.9. The van der Waals surface area contributed by atoms with Crippen molar-refractivity contribution in [1.29, 1.82) is 0 Å². The van der Waals surface area contributed by atoms with Crippen molar-refractivity contribution < 1.29 is 68.5 Å². The number of benzene rings is 1. The van der Waals surface area contributed by atoms with E-state index >= 15 is 0 Å². The van der Waals surface area contributed by atoms with Gasteiger partial charge in [-0.05, 0) is 45.0 Å². The molecule has 2 heterocycles. The first-order valence-corrected chi connectivity index (χ1v) is 14.0. The first kappa shape index (κ1) is 31.4. The molecule has 238 valence electrons. The number of aliphatic carboxylic acids is 2. The van der Waals surface area contributed by atoms with Crippen molar-refractivity contribution in [3.05, 3.63) is 40.7 Å². The first-order chi connectivity index (χ1) is 20.7. The number of aliphatic hydroxyl groups is 3. The first-order valence-electron chi connectivity index (χ1n) is 14.0. The second kappa shape index (κ2) is 11.5.